The van der Waals surface area contributed by atoms with E-state index in [1.54, 1.807) is 24.3 Å². The molecule has 0 fully saturated rings. The number of rotatable bonds is 6. The van der Waals surface area contributed by atoms with E-state index >= 15 is 0 Å². The minimum absolute atomic E-state index is 0.0278. The Morgan fingerprint density at radius 1 is 0.902 bits per heavy atom. The zero-order chi connectivity index (χ0) is 30.3. The Balaban J connectivity index is 2.10. The molecule has 4 aromatic rings. The van der Waals surface area contributed by atoms with Crippen LogP contribution in [0.5, 0.6) is 5.75 Å². The number of hydrogen-bond acceptors (Lipinski definition) is 7. The first-order valence-corrected chi connectivity index (χ1v) is 13.8. The van der Waals surface area contributed by atoms with Gasteiger partial charge in [0.05, 0.1) is 7.11 Å². The van der Waals surface area contributed by atoms with Crippen LogP contribution < -0.4 is 10.5 Å². The molecule has 216 valence electrons. The molecule has 2 atom stereocenters. The predicted molar refractivity (Wildman–Crippen MR) is 163 cm³/mol. The molecule has 7 heteroatoms. The normalized spacial score (nSPS) is 13.6. The fraction of sp³-hybridized carbons (Fsp3) is 0.382. The highest BCUT2D eigenvalue weighted by Crippen LogP contribution is 2.45. The third-order valence-electron chi connectivity index (χ3n) is 7.48. The molecule has 0 radical (unpaired) electrons. The van der Waals surface area contributed by atoms with Crippen LogP contribution in [0.25, 0.3) is 11.1 Å². The Hall–Kier alpha value is -4.13. The van der Waals surface area contributed by atoms with E-state index in [-0.39, 0.29) is 11.4 Å². The van der Waals surface area contributed by atoms with Gasteiger partial charge in [-0.2, -0.15) is 0 Å². The Morgan fingerprint density at radius 3 is 1.98 bits per heavy atom. The summed E-state index contributed by atoms with van der Waals surface area (Å²) in [6.45, 7) is 12.2. The maximum absolute atomic E-state index is 13.7. The summed E-state index contributed by atoms with van der Waals surface area (Å²) in [4.78, 5) is 33.8. The van der Waals surface area contributed by atoms with Crippen LogP contribution in [-0.2, 0) is 20.4 Å². The van der Waals surface area contributed by atoms with Crippen molar-refractivity contribution in [1.29, 1.82) is 0 Å². The fourth-order valence-electron chi connectivity index (χ4n) is 5.23. The van der Waals surface area contributed by atoms with Crippen molar-refractivity contribution in [3.63, 3.8) is 0 Å². The standard InChI is InChI=1S/C34H40N2O5/c1-33(2,3)23-18-21(19-24(30(23)37)34(4,5)6)27(20-14-16-22(17-15-20)36(7)8)28(31(38)40-9)29-32(39)41-26-13-11-10-12-25(26)35-29/h10-19,27-28,37H,1-9H3. The Morgan fingerprint density at radius 2 is 1.46 bits per heavy atom. The van der Waals surface area contributed by atoms with Gasteiger partial charge >= 0.3 is 11.6 Å². The SMILES string of the molecule is COC(=O)C(c1nc2ccccc2oc1=O)C(c1ccc(N(C)C)cc1)c1cc(C(C)(C)C)c(O)c(C(C)(C)C)c1. The first kappa shape index (κ1) is 29.8. The van der Waals surface area contributed by atoms with E-state index in [0.29, 0.717) is 11.1 Å². The molecule has 1 N–H and O–H groups in total. The number of aromatic nitrogens is 1. The second-order valence-corrected chi connectivity index (χ2v) is 12.8. The number of aromatic hydroxyl groups is 1. The number of ether oxygens (including phenoxy) is 1. The van der Waals surface area contributed by atoms with Crippen LogP contribution in [0.3, 0.4) is 0 Å². The van der Waals surface area contributed by atoms with Crippen LogP contribution in [0.2, 0.25) is 0 Å². The van der Waals surface area contributed by atoms with Crippen molar-refractivity contribution >= 4 is 22.8 Å². The van der Waals surface area contributed by atoms with Gasteiger partial charge in [-0.1, -0.05) is 77.9 Å². The largest absolute Gasteiger partial charge is 0.507 e. The number of carbonyl (C=O) groups is 1. The monoisotopic (exact) mass is 556 g/mol. The lowest BCUT2D eigenvalue weighted by Crippen LogP contribution is -2.29. The number of phenolic OH excluding ortho intramolecular Hbond substituents is 1. The van der Waals surface area contributed by atoms with Crippen LogP contribution >= 0.6 is 0 Å². The summed E-state index contributed by atoms with van der Waals surface area (Å²) in [5.41, 5.74) is 3.32. The zero-order valence-electron chi connectivity index (χ0n) is 25.4. The van der Waals surface area contributed by atoms with Gasteiger partial charge in [0, 0.05) is 25.7 Å². The van der Waals surface area contributed by atoms with Gasteiger partial charge in [0.1, 0.15) is 22.9 Å². The number of anilines is 1. The molecule has 0 aliphatic heterocycles. The molecule has 2 unspecified atom stereocenters. The molecule has 0 bridgehead atoms. The maximum Gasteiger partial charge on any atom is 0.359 e. The van der Waals surface area contributed by atoms with Crippen LogP contribution in [0.4, 0.5) is 5.69 Å². The van der Waals surface area contributed by atoms with Crippen LogP contribution in [0, 0.1) is 0 Å². The number of methoxy groups -OCH3 is 1. The Kier molecular flexibility index (Phi) is 8.03. The van der Waals surface area contributed by atoms with Crippen molar-refractivity contribution in [2.45, 2.75) is 64.2 Å². The summed E-state index contributed by atoms with van der Waals surface area (Å²) in [6, 6.07) is 18.7. The molecule has 0 saturated carbocycles. The molecular formula is C34H40N2O5. The average molecular weight is 557 g/mol. The van der Waals surface area contributed by atoms with Gasteiger partial charge < -0.3 is 19.2 Å². The van der Waals surface area contributed by atoms with Crippen molar-refractivity contribution < 1.29 is 19.1 Å². The van der Waals surface area contributed by atoms with Crippen molar-refractivity contribution in [3.8, 4) is 5.75 Å². The fourth-order valence-corrected chi connectivity index (χ4v) is 5.23. The number of fused-ring (bicyclic) bond motifs is 1. The molecular weight excluding hydrogens is 516 g/mol. The van der Waals surface area contributed by atoms with Crippen molar-refractivity contribution in [2.24, 2.45) is 0 Å². The summed E-state index contributed by atoms with van der Waals surface area (Å²) >= 11 is 0. The van der Waals surface area contributed by atoms with Crippen LogP contribution in [0.1, 0.15) is 81.3 Å². The number of carbonyl (C=O) groups excluding carboxylic acids is 1. The van der Waals surface area contributed by atoms with E-state index in [1.165, 1.54) is 7.11 Å². The van der Waals surface area contributed by atoms with E-state index < -0.39 is 34.3 Å². The summed E-state index contributed by atoms with van der Waals surface area (Å²) in [7, 11) is 5.22. The summed E-state index contributed by atoms with van der Waals surface area (Å²) in [6.07, 6.45) is 0. The van der Waals surface area contributed by atoms with Crippen LogP contribution in [-0.4, -0.2) is 37.3 Å². The molecule has 3 aromatic carbocycles. The number of para-hydroxylation sites is 2. The van der Waals surface area contributed by atoms with E-state index in [2.05, 4.69) is 4.98 Å². The molecule has 7 nitrogen and oxygen atoms in total. The van der Waals surface area contributed by atoms with E-state index in [0.717, 1.165) is 27.9 Å². The molecule has 4 rings (SSSR count). The highest BCUT2D eigenvalue weighted by molar-refractivity contribution is 5.81. The van der Waals surface area contributed by atoms with Crippen LogP contribution in [0.15, 0.2) is 69.9 Å². The van der Waals surface area contributed by atoms with Gasteiger partial charge in [-0.15, -0.1) is 0 Å². The topological polar surface area (TPSA) is 92.9 Å². The maximum atomic E-state index is 13.7. The lowest BCUT2D eigenvalue weighted by molar-refractivity contribution is -0.143. The minimum atomic E-state index is -1.11. The average Bonchev–Trinajstić information content (AvgIpc) is 2.90. The van der Waals surface area contributed by atoms with E-state index in [1.807, 2.05) is 96.9 Å². The first-order valence-electron chi connectivity index (χ1n) is 13.8. The van der Waals surface area contributed by atoms with E-state index in [9.17, 15) is 14.7 Å². The highest BCUT2D eigenvalue weighted by atomic mass is 16.5. The number of benzene rings is 3. The molecule has 41 heavy (non-hydrogen) atoms. The van der Waals surface area contributed by atoms with Gasteiger partial charge in [-0.05, 0) is 57.3 Å². The summed E-state index contributed by atoms with van der Waals surface area (Å²) in [5.74, 6) is -2.16. The Bertz CT molecular complexity index is 1590. The molecule has 1 heterocycles. The number of nitrogens with zero attached hydrogens (tertiary/aromatic N) is 2. The molecule has 0 saturated heterocycles. The zero-order valence-corrected chi connectivity index (χ0v) is 25.4. The highest BCUT2D eigenvalue weighted by Gasteiger charge is 2.39. The second-order valence-electron chi connectivity index (χ2n) is 12.8. The van der Waals surface area contributed by atoms with E-state index in [4.69, 9.17) is 9.15 Å². The third-order valence-corrected chi connectivity index (χ3v) is 7.48. The number of hydrogen-bond donors (Lipinski definition) is 1. The second kappa shape index (κ2) is 11.0. The summed E-state index contributed by atoms with van der Waals surface area (Å²) < 4.78 is 11.0. The first-order chi connectivity index (χ1) is 19.1. The molecule has 0 amide bonds. The van der Waals surface area contributed by atoms with Crippen molar-refractivity contribution in [3.05, 3.63) is 99.0 Å². The number of esters is 1. The molecule has 0 aliphatic carbocycles. The Labute approximate surface area is 241 Å². The molecule has 0 spiro atoms. The predicted octanol–water partition coefficient (Wildman–Crippen LogP) is 6.64. The molecule has 1 aromatic heterocycles. The minimum Gasteiger partial charge on any atom is -0.507 e. The lowest BCUT2D eigenvalue weighted by atomic mass is 9.73. The summed E-state index contributed by atoms with van der Waals surface area (Å²) in [5, 5.41) is 11.4. The third kappa shape index (κ3) is 5.99. The molecule has 0 aliphatic rings. The number of phenols is 1. The lowest BCUT2D eigenvalue weighted by Gasteiger charge is -2.32. The smallest absolute Gasteiger partial charge is 0.359 e. The van der Waals surface area contributed by atoms with Gasteiger partial charge in [0.25, 0.3) is 0 Å². The quantitative estimate of drug-likeness (QED) is 0.266. The van der Waals surface area contributed by atoms with Crippen molar-refractivity contribution in [2.75, 3.05) is 26.1 Å². The van der Waals surface area contributed by atoms with Gasteiger partial charge in [-0.3, -0.25) is 4.79 Å². The van der Waals surface area contributed by atoms with Crippen molar-refractivity contribution in [1.82, 2.24) is 4.98 Å². The van der Waals surface area contributed by atoms with Gasteiger partial charge in [-0.25, -0.2) is 9.78 Å². The van der Waals surface area contributed by atoms with Gasteiger partial charge in [0.15, 0.2) is 5.58 Å². The van der Waals surface area contributed by atoms with Gasteiger partial charge in [0.2, 0.25) is 0 Å².